The molecule has 0 atom stereocenters. The Hall–Kier alpha value is -1.91. The number of sulfonamides is 1. The van der Waals surface area contributed by atoms with Crippen molar-refractivity contribution in [2.75, 3.05) is 10.8 Å². The van der Waals surface area contributed by atoms with E-state index in [-0.39, 0.29) is 16.4 Å². The molecule has 0 fully saturated rings. The average Bonchev–Trinajstić information content (AvgIpc) is 2.91. The van der Waals surface area contributed by atoms with Gasteiger partial charge in [-0.25, -0.2) is 12.8 Å². The number of para-hydroxylation sites is 1. The molecule has 0 bridgehead atoms. The van der Waals surface area contributed by atoms with Crippen LogP contribution in [0.15, 0.2) is 40.6 Å². The van der Waals surface area contributed by atoms with Gasteiger partial charge < -0.3 is 0 Å². The molecule has 1 aromatic heterocycles. The van der Waals surface area contributed by atoms with E-state index < -0.39 is 15.8 Å². The van der Waals surface area contributed by atoms with E-state index in [9.17, 15) is 12.8 Å². The Morgan fingerprint density at radius 3 is 2.55 bits per heavy atom. The first-order valence-corrected chi connectivity index (χ1v) is 8.03. The fourth-order valence-corrected chi connectivity index (χ4v) is 4.45. The largest absolute Gasteiger partial charge is 0.273 e. The van der Waals surface area contributed by atoms with Gasteiger partial charge in [0.2, 0.25) is 0 Å². The van der Waals surface area contributed by atoms with Crippen molar-refractivity contribution in [3.63, 3.8) is 0 Å². The van der Waals surface area contributed by atoms with Crippen LogP contribution in [-0.4, -0.2) is 15.0 Å². The fraction of sp³-hybridized carbons (Fsp3) is 0.154. The van der Waals surface area contributed by atoms with Crippen molar-refractivity contribution < 1.29 is 12.8 Å². The second-order valence-electron chi connectivity index (χ2n) is 3.85. The predicted molar refractivity (Wildman–Crippen MR) is 75.6 cm³/mol. The van der Waals surface area contributed by atoms with Gasteiger partial charge in [0.05, 0.1) is 5.69 Å². The highest BCUT2D eigenvalue weighted by atomic mass is 32.2. The number of halogens is 1. The maximum Gasteiger partial charge on any atom is 0.273 e. The van der Waals surface area contributed by atoms with E-state index >= 15 is 0 Å². The molecule has 0 aliphatic heterocycles. The zero-order valence-electron chi connectivity index (χ0n) is 10.6. The van der Waals surface area contributed by atoms with Crippen molar-refractivity contribution in [3.05, 3.63) is 47.1 Å². The first-order chi connectivity index (χ1) is 9.50. The zero-order valence-corrected chi connectivity index (χ0v) is 12.2. The number of benzene rings is 1. The van der Waals surface area contributed by atoms with Crippen LogP contribution in [0.4, 0.5) is 10.1 Å². The topological polar surface area (TPSA) is 61.2 Å². The summed E-state index contributed by atoms with van der Waals surface area (Å²) in [7, 11) is -3.86. The molecule has 0 amide bonds. The second-order valence-corrected chi connectivity index (χ2v) is 7.02. The Labute approximate surface area is 120 Å². The minimum atomic E-state index is -3.86. The first-order valence-electron chi connectivity index (χ1n) is 5.78. The van der Waals surface area contributed by atoms with Crippen LogP contribution in [0, 0.1) is 17.1 Å². The van der Waals surface area contributed by atoms with E-state index in [1.165, 1.54) is 30.3 Å². The molecule has 2 aromatic rings. The highest BCUT2D eigenvalue weighted by Gasteiger charge is 2.27. The summed E-state index contributed by atoms with van der Waals surface area (Å²) in [6.45, 7) is 1.73. The third kappa shape index (κ3) is 2.53. The Balaban J connectivity index is 2.51. The monoisotopic (exact) mass is 310 g/mol. The van der Waals surface area contributed by atoms with Crippen LogP contribution < -0.4 is 4.31 Å². The molecule has 104 valence electrons. The number of rotatable bonds is 4. The van der Waals surface area contributed by atoms with Gasteiger partial charge in [-0.3, -0.25) is 4.31 Å². The lowest BCUT2D eigenvalue weighted by Gasteiger charge is -2.22. The van der Waals surface area contributed by atoms with Crippen LogP contribution in [0.2, 0.25) is 0 Å². The van der Waals surface area contributed by atoms with Gasteiger partial charge in [-0.15, -0.1) is 11.3 Å². The molecule has 0 unspecified atom stereocenters. The molecular formula is C13H11FN2O2S2. The van der Waals surface area contributed by atoms with Gasteiger partial charge >= 0.3 is 0 Å². The number of nitriles is 1. The van der Waals surface area contributed by atoms with E-state index in [0.717, 1.165) is 15.6 Å². The maximum absolute atomic E-state index is 13.8. The van der Waals surface area contributed by atoms with Crippen LogP contribution in [0.25, 0.3) is 0 Å². The van der Waals surface area contributed by atoms with Gasteiger partial charge in [-0.2, -0.15) is 5.26 Å². The van der Waals surface area contributed by atoms with Crippen LogP contribution in [0.3, 0.4) is 0 Å². The Kier molecular flexibility index (Phi) is 4.06. The summed E-state index contributed by atoms with van der Waals surface area (Å²) >= 11 is 0.871. The Morgan fingerprint density at radius 2 is 2.00 bits per heavy atom. The Morgan fingerprint density at radius 1 is 1.30 bits per heavy atom. The SMILES string of the molecule is CCN(c1ccccc1F)S(=O)(=O)c1ccc(C#N)s1. The predicted octanol–water partition coefficient (Wildman–Crippen LogP) is 2.97. The van der Waals surface area contributed by atoms with Gasteiger partial charge in [-0.1, -0.05) is 12.1 Å². The molecule has 0 aliphatic rings. The molecule has 0 saturated carbocycles. The molecule has 0 N–H and O–H groups in total. The van der Waals surface area contributed by atoms with Crippen LogP contribution >= 0.6 is 11.3 Å². The van der Waals surface area contributed by atoms with E-state index in [0.29, 0.717) is 4.88 Å². The van der Waals surface area contributed by atoms with Gasteiger partial charge in [0.25, 0.3) is 10.0 Å². The van der Waals surface area contributed by atoms with E-state index in [1.807, 2.05) is 6.07 Å². The lowest BCUT2D eigenvalue weighted by molar-refractivity contribution is 0.588. The minimum absolute atomic E-state index is 0.00177. The van der Waals surface area contributed by atoms with Crippen molar-refractivity contribution in [3.8, 4) is 6.07 Å². The van der Waals surface area contributed by atoms with Gasteiger partial charge in [0.15, 0.2) is 0 Å². The van der Waals surface area contributed by atoms with Crippen molar-refractivity contribution in [2.24, 2.45) is 0 Å². The smallest absolute Gasteiger partial charge is 0.263 e. The summed E-state index contributed by atoms with van der Waals surface area (Å²) in [6, 6.07) is 10.4. The number of anilines is 1. The number of hydrogen-bond acceptors (Lipinski definition) is 4. The fourth-order valence-electron chi connectivity index (χ4n) is 1.75. The standard InChI is InChI=1S/C13H11FN2O2S2/c1-2-16(12-6-4-3-5-11(12)14)20(17,18)13-8-7-10(9-15)19-13/h3-8H,2H2,1H3. The van der Waals surface area contributed by atoms with Gasteiger partial charge in [0.1, 0.15) is 21.0 Å². The molecule has 1 aromatic carbocycles. The molecule has 1 heterocycles. The zero-order chi connectivity index (χ0) is 14.8. The van der Waals surface area contributed by atoms with Gasteiger partial charge in [0, 0.05) is 6.54 Å². The summed E-state index contributed by atoms with van der Waals surface area (Å²) in [4.78, 5) is 0.299. The lowest BCUT2D eigenvalue weighted by Crippen LogP contribution is -2.30. The minimum Gasteiger partial charge on any atom is -0.263 e. The molecule has 2 rings (SSSR count). The lowest BCUT2D eigenvalue weighted by atomic mass is 10.3. The highest BCUT2D eigenvalue weighted by Crippen LogP contribution is 2.29. The summed E-state index contributed by atoms with van der Waals surface area (Å²) in [5, 5.41) is 8.77. The highest BCUT2D eigenvalue weighted by molar-refractivity contribution is 7.94. The molecule has 0 spiro atoms. The molecule has 4 nitrogen and oxygen atoms in total. The molecule has 20 heavy (non-hydrogen) atoms. The quantitative estimate of drug-likeness (QED) is 0.872. The average molecular weight is 310 g/mol. The third-order valence-electron chi connectivity index (χ3n) is 2.64. The van der Waals surface area contributed by atoms with Crippen LogP contribution in [-0.2, 0) is 10.0 Å². The Bertz CT molecular complexity index is 763. The number of nitrogens with zero attached hydrogens (tertiary/aromatic N) is 2. The van der Waals surface area contributed by atoms with E-state index in [4.69, 9.17) is 5.26 Å². The van der Waals surface area contributed by atoms with Crippen LogP contribution in [0.1, 0.15) is 11.8 Å². The number of hydrogen-bond donors (Lipinski definition) is 0. The van der Waals surface area contributed by atoms with Crippen molar-refractivity contribution in [1.82, 2.24) is 0 Å². The third-order valence-corrected chi connectivity index (χ3v) is 5.99. The summed E-state index contributed by atoms with van der Waals surface area (Å²) < 4.78 is 39.8. The van der Waals surface area contributed by atoms with Crippen molar-refractivity contribution in [2.45, 2.75) is 11.1 Å². The summed E-state index contributed by atoms with van der Waals surface area (Å²) in [5.74, 6) is -0.602. The molecule has 0 aliphatic carbocycles. The second kappa shape index (κ2) is 5.61. The van der Waals surface area contributed by atoms with Crippen LogP contribution in [0.5, 0.6) is 0 Å². The van der Waals surface area contributed by atoms with E-state index in [1.54, 1.807) is 13.0 Å². The normalized spacial score (nSPS) is 11.1. The van der Waals surface area contributed by atoms with Crippen molar-refractivity contribution >= 4 is 27.0 Å². The molecule has 0 radical (unpaired) electrons. The van der Waals surface area contributed by atoms with Gasteiger partial charge in [-0.05, 0) is 31.2 Å². The number of thiophene rings is 1. The molecule has 7 heteroatoms. The van der Waals surface area contributed by atoms with E-state index in [2.05, 4.69) is 0 Å². The summed E-state index contributed by atoms with van der Waals surface area (Å²) in [5.41, 5.74) is 0.00177. The van der Waals surface area contributed by atoms with Crippen molar-refractivity contribution in [1.29, 1.82) is 5.26 Å². The maximum atomic E-state index is 13.8. The molecule has 0 saturated heterocycles. The summed E-state index contributed by atoms with van der Waals surface area (Å²) in [6.07, 6.45) is 0. The molecular weight excluding hydrogens is 299 g/mol. The first kappa shape index (κ1) is 14.5.